The van der Waals surface area contributed by atoms with Crippen LogP contribution < -0.4 is 16.0 Å². The van der Waals surface area contributed by atoms with Gasteiger partial charge in [0.25, 0.3) is 0 Å². The van der Waals surface area contributed by atoms with Crippen molar-refractivity contribution in [2.75, 3.05) is 6.61 Å². The Morgan fingerprint density at radius 2 is 1.46 bits per heavy atom. The SMILES string of the molecule is O=C([O-])CCC(=O)NNC(=O)OCC1c2ccccc2-c2ccccc21. The van der Waals surface area contributed by atoms with E-state index in [9.17, 15) is 19.5 Å². The van der Waals surface area contributed by atoms with Crippen molar-refractivity contribution in [2.45, 2.75) is 18.8 Å². The number of amides is 2. The Kier molecular flexibility index (Phi) is 5.17. The molecule has 2 aromatic rings. The number of benzene rings is 2. The molecule has 0 radical (unpaired) electrons. The van der Waals surface area contributed by atoms with E-state index in [0.717, 1.165) is 22.3 Å². The van der Waals surface area contributed by atoms with Crippen LogP contribution >= 0.6 is 0 Å². The number of carboxylic acids is 1. The summed E-state index contributed by atoms with van der Waals surface area (Å²) in [5.74, 6) is -2.05. The lowest BCUT2D eigenvalue weighted by atomic mass is 9.98. The second kappa shape index (κ2) is 7.69. The number of hydrazine groups is 1. The Labute approximate surface area is 149 Å². The van der Waals surface area contributed by atoms with Crippen molar-refractivity contribution >= 4 is 18.0 Å². The maximum atomic E-state index is 11.8. The van der Waals surface area contributed by atoms with Gasteiger partial charge in [0.05, 0.1) is 0 Å². The van der Waals surface area contributed by atoms with E-state index in [-0.39, 0.29) is 18.9 Å². The summed E-state index contributed by atoms with van der Waals surface area (Å²) in [7, 11) is 0. The van der Waals surface area contributed by atoms with Crippen LogP contribution in [0.15, 0.2) is 48.5 Å². The van der Waals surface area contributed by atoms with E-state index in [1.807, 2.05) is 48.5 Å². The minimum atomic E-state index is -1.33. The van der Waals surface area contributed by atoms with Crippen LogP contribution in [0.25, 0.3) is 11.1 Å². The van der Waals surface area contributed by atoms with Gasteiger partial charge in [0.1, 0.15) is 6.61 Å². The van der Waals surface area contributed by atoms with E-state index >= 15 is 0 Å². The first-order valence-corrected chi connectivity index (χ1v) is 8.16. The van der Waals surface area contributed by atoms with Gasteiger partial charge in [-0.15, -0.1) is 0 Å². The Morgan fingerprint density at radius 1 is 0.885 bits per heavy atom. The van der Waals surface area contributed by atoms with Crippen molar-refractivity contribution in [1.82, 2.24) is 10.9 Å². The molecule has 7 heteroatoms. The number of hydrogen-bond acceptors (Lipinski definition) is 5. The average Bonchev–Trinajstić information content (AvgIpc) is 2.97. The molecule has 0 saturated heterocycles. The Morgan fingerprint density at radius 3 is 2.04 bits per heavy atom. The van der Waals surface area contributed by atoms with Gasteiger partial charge in [-0.1, -0.05) is 48.5 Å². The molecule has 0 saturated carbocycles. The Balaban J connectivity index is 1.57. The predicted molar refractivity (Wildman–Crippen MR) is 90.6 cm³/mol. The van der Waals surface area contributed by atoms with Crippen LogP contribution in [0.2, 0.25) is 0 Å². The van der Waals surface area contributed by atoms with Crippen LogP contribution in [0, 0.1) is 0 Å². The van der Waals surface area contributed by atoms with Crippen molar-refractivity contribution in [3.8, 4) is 11.1 Å². The fourth-order valence-electron chi connectivity index (χ4n) is 3.03. The lowest BCUT2D eigenvalue weighted by Crippen LogP contribution is -2.42. The number of fused-ring (bicyclic) bond motifs is 3. The fraction of sp³-hybridized carbons (Fsp3) is 0.211. The molecule has 26 heavy (non-hydrogen) atoms. The van der Waals surface area contributed by atoms with Crippen LogP contribution in [0.1, 0.15) is 29.9 Å². The minimum absolute atomic E-state index is 0.0815. The van der Waals surface area contributed by atoms with E-state index < -0.39 is 24.4 Å². The zero-order valence-corrected chi connectivity index (χ0v) is 13.9. The smallest absolute Gasteiger partial charge is 0.426 e. The topological polar surface area (TPSA) is 108 Å². The second-order valence-electron chi connectivity index (χ2n) is 5.87. The van der Waals surface area contributed by atoms with Gasteiger partial charge in [-0.2, -0.15) is 0 Å². The van der Waals surface area contributed by atoms with Gasteiger partial charge in [0.15, 0.2) is 0 Å². The number of aliphatic carboxylic acids is 1. The van der Waals surface area contributed by atoms with Crippen molar-refractivity contribution < 1.29 is 24.2 Å². The number of nitrogens with one attached hydrogen (secondary N) is 2. The van der Waals surface area contributed by atoms with E-state index in [1.165, 1.54) is 0 Å². The zero-order chi connectivity index (χ0) is 18.5. The van der Waals surface area contributed by atoms with Crippen molar-refractivity contribution in [1.29, 1.82) is 0 Å². The van der Waals surface area contributed by atoms with E-state index in [0.29, 0.717) is 0 Å². The van der Waals surface area contributed by atoms with Gasteiger partial charge in [-0.05, 0) is 28.7 Å². The summed E-state index contributed by atoms with van der Waals surface area (Å²) in [6.07, 6.45) is -1.52. The molecule has 2 N–H and O–H groups in total. The molecule has 0 aliphatic heterocycles. The summed E-state index contributed by atoms with van der Waals surface area (Å²) in [5, 5.41) is 10.3. The first-order valence-electron chi connectivity index (χ1n) is 8.16. The van der Waals surface area contributed by atoms with Gasteiger partial charge < -0.3 is 14.6 Å². The second-order valence-corrected chi connectivity index (χ2v) is 5.87. The molecule has 0 unspecified atom stereocenters. The first-order chi connectivity index (χ1) is 12.6. The summed E-state index contributed by atoms with van der Waals surface area (Å²) < 4.78 is 5.22. The summed E-state index contributed by atoms with van der Waals surface area (Å²) in [5.41, 5.74) is 8.60. The third-order valence-corrected chi connectivity index (χ3v) is 4.20. The number of carbonyl (C=O) groups is 3. The molecular formula is C19H17N2O5-. The summed E-state index contributed by atoms with van der Waals surface area (Å²) in [6, 6.07) is 15.9. The number of carbonyl (C=O) groups excluding carboxylic acids is 3. The summed E-state index contributed by atoms with van der Waals surface area (Å²) in [4.78, 5) is 33.4. The number of carboxylic acid groups (broad SMARTS) is 1. The molecule has 0 fully saturated rings. The van der Waals surface area contributed by atoms with Gasteiger partial charge in [0.2, 0.25) is 5.91 Å². The lowest BCUT2D eigenvalue weighted by molar-refractivity contribution is -0.305. The summed E-state index contributed by atoms with van der Waals surface area (Å²) in [6.45, 7) is 0.120. The normalized spacial score (nSPS) is 12.0. The van der Waals surface area contributed by atoms with Crippen LogP contribution in [0.3, 0.4) is 0 Å². The molecule has 3 rings (SSSR count). The predicted octanol–water partition coefficient (Wildman–Crippen LogP) is 1.09. The number of hydrogen-bond donors (Lipinski definition) is 2. The highest BCUT2D eigenvalue weighted by Crippen LogP contribution is 2.44. The van der Waals surface area contributed by atoms with Crippen molar-refractivity contribution in [2.24, 2.45) is 0 Å². The van der Waals surface area contributed by atoms with Crippen LogP contribution in [0.5, 0.6) is 0 Å². The average molecular weight is 353 g/mol. The molecule has 0 atom stereocenters. The largest absolute Gasteiger partial charge is 0.550 e. The van der Waals surface area contributed by atoms with Crippen molar-refractivity contribution in [3.63, 3.8) is 0 Å². The molecule has 134 valence electrons. The molecule has 0 heterocycles. The van der Waals surface area contributed by atoms with Gasteiger partial charge in [0, 0.05) is 18.3 Å². The van der Waals surface area contributed by atoms with Crippen LogP contribution in [-0.4, -0.2) is 24.6 Å². The molecule has 1 aliphatic rings. The van der Waals surface area contributed by atoms with E-state index in [1.54, 1.807) is 0 Å². The maximum absolute atomic E-state index is 11.8. The highest BCUT2D eigenvalue weighted by atomic mass is 16.6. The number of rotatable bonds is 5. The monoisotopic (exact) mass is 353 g/mol. The maximum Gasteiger partial charge on any atom is 0.426 e. The molecule has 2 aromatic carbocycles. The molecule has 0 spiro atoms. The Hall–Kier alpha value is -3.35. The van der Waals surface area contributed by atoms with E-state index in [4.69, 9.17) is 4.74 Å². The molecule has 0 bridgehead atoms. The highest BCUT2D eigenvalue weighted by Gasteiger charge is 2.28. The van der Waals surface area contributed by atoms with Crippen molar-refractivity contribution in [3.05, 3.63) is 59.7 Å². The standard InChI is InChI=1S/C19H18N2O5/c22-17(9-10-18(23)24)20-21-19(25)26-11-16-14-7-3-1-5-12(14)13-6-2-4-8-15(13)16/h1-8,16H,9-11H2,(H,20,22)(H,21,25)(H,23,24)/p-1. The first kappa shape index (κ1) is 17.5. The van der Waals surface area contributed by atoms with Gasteiger partial charge in [-0.3, -0.25) is 10.2 Å². The number of ether oxygens (including phenoxy) is 1. The van der Waals surface area contributed by atoms with Crippen LogP contribution in [-0.2, 0) is 14.3 Å². The minimum Gasteiger partial charge on any atom is -0.550 e. The quantitative estimate of drug-likeness (QED) is 0.782. The third kappa shape index (κ3) is 3.83. The lowest BCUT2D eigenvalue weighted by Gasteiger charge is -2.14. The van der Waals surface area contributed by atoms with E-state index in [2.05, 4.69) is 10.9 Å². The highest BCUT2D eigenvalue weighted by molar-refractivity contribution is 5.82. The fourth-order valence-corrected chi connectivity index (χ4v) is 3.03. The molecular weight excluding hydrogens is 336 g/mol. The van der Waals surface area contributed by atoms with Crippen LogP contribution in [0.4, 0.5) is 4.79 Å². The zero-order valence-electron chi connectivity index (χ0n) is 13.9. The molecule has 7 nitrogen and oxygen atoms in total. The van der Waals surface area contributed by atoms with Gasteiger partial charge in [-0.25, -0.2) is 10.2 Å². The third-order valence-electron chi connectivity index (χ3n) is 4.20. The molecule has 2 amide bonds. The Bertz CT molecular complexity index is 804. The molecule has 1 aliphatic carbocycles. The van der Waals surface area contributed by atoms with Gasteiger partial charge >= 0.3 is 6.09 Å². The summed E-state index contributed by atoms with van der Waals surface area (Å²) >= 11 is 0. The molecule has 0 aromatic heterocycles.